The lowest BCUT2D eigenvalue weighted by Crippen LogP contribution is -2.33. The third-order valence-corrected chi connectivity index (χ3v) is 9.01. The molecule has 2 rings (SSSR count). The van der Waals surface area contributed by atoms with E-state index in [0.717, 1.165) is 19.2 Å². The van der Waals surface area contributed by atoms with Gasteiger partial charge in [-0.25, -0.2) is 8.42 Å². The molecule has 13 heteroatoms. The first-order valence-corrected chi connectivity index (χ1v) is 14.7. The first-order valence-electron chi connectivity index (χ1n) is 10.4. The van der Waals surface area contributed by atoms with Crippen molar-refractivity contribution in [2.75, 3.05) is 49.2 Å². The van der Waals surface area contributed by atoms with Crippen LogP contribution in [0.1, 0.15) is 32.1 Å². The van der Waals surface area contributed by atoms with E-state index >= 15 is 0 Å². The molecule has 0 saturated carbocycles. The largest absolute Gasteiger partial charge is 0.370 e. The lowest BCUT2D eigenvalue weighted by Gasteiger charge is -2.29. The Morgan fingerprint density at radius 2 is 1.81 bits per heavy atom. The number of alkyl halides is 1. The molecule has 1 aliphatic rings. The van der Waals surface area contributed by atoms with E-state index in [1.54, 1.807) is 4.90 Å². The summed E-state index contributed by atoms with van der Waals surface area (Å²) in [5, 5.41) is 11.2. The number of rotatable bonds is 10. The molecule has 0 bridgehead atoms. The van der Waals surface area contributed by atoms with Crippen LogP contribution in [0.5, 0.6) is 0 Å². The van der Waals surface area contributed by atoms with E-state index in [-0.39, 0.29) is 23.5 Å². The third-order valence-electron chi connectivity index (χ3n) is 5.56. The van der Waals surface area contributed by atoms with Gasteiger partial charge in [0.2, 0.25) is 0 Å². The molecule has 0 unspecified atom stereocenters. The van der Waals surface area contributed by atoms with Crippen LogP contribution in [0.25, 0.3) is 0 Å². The molecule has 1 heterocycles. The average Bonchev–Trinajstić information content (AvgIpc) is 2.68. The van der Waals surface area contributed by atoms with Gasteiger partial charge in [0.05, 0.1) is 26.5 Å². The number of anilines is 1. The summed E-state index contributed by atoms with van der Waals surface area (Å²) in [5.41, 5.74) is -0.000745. The summed E-state index contributed by atoms with van der Waals surface area (Å²) in [4.78, 5) is 14.5. The molecule has 1 aromatic rings. The molecule has 1 aliphatic heterocycles. The molecule has 10 nitrogen and oxygen atoms in total. The van der Waals surface area contributed by atoms with Crippen LogP contribution >= 0.6 is 15.9 Å². The Kier molecular flexibility index (Phi) is 9.88. The fourth-order valence-corrected chi connectivity index (χ4v) is 6.93. The van der Waals surface area contributed by atoms with E-state index in [4.69, 9.17) is 4.55 Å². The summed E-state index contributed by atoms with van der Waals surface area (Å²) in [6.45, 7) is 2.11. The standard InChI is InChI=1S/C19H30BrN3O7S2/c1-21-10-2-5-17(6-3-11-21)32(29,30)19-15-16(23(24)25)7-8-18(19)22(13-9-20)12-4-14-31(26,27)28/h7-8,15,17H,2-6,9-14H2,1H3,(H,26,27,28). The Morgan fingerprint density at radius 1 is 1.19 bits per heavy atom. The normalized spacial score (nSPS) is 17.0. The van der Waals surface area contributed by atoms with E-state index in [1.807, 2.05) is 7.05 Å². The highest BCUT2D eigenvalue weighted by Gasteiger charge is 2.33. The van der Waals surface area contributed by atoms with Crippen molar-refractivity contribution in [1.29, 1.82) is 0 Å². The van der Waals surface area contributed by atoms with Gasteiger partial charge in [-0.1, -0.05) is 15.9 Å². The molecule has 32 heavy (non-hydrogen) atoms. The second-order valence-corrected chi connectivity index (χ2v) is 12.5. The van der Waals surface area contributed by atoms with E-state index in [9.17, 15) is 26.9 Å². The number of hydrogen-bond acceptors (Lipinski definition) is 8. The minimum absolute atomic E-state index is 0.0814. The van der Waals surface area contributed by atoms with Gasteiger partial charge >= 0.3 is 0 Å². The molecule has 0 aromatic heterocycles. The van der Waals surface area contributed by atoms with Gasteiger partial charge in [-0.3, -0.25) is 14.7 Å². The zero-order valence-electron chi connectivity index (χ0n) is 18.0. The Hall–Kier alpha value is -1.28. The van der Waals surface area contributed by atoms with Crippen LogP contribution < -0.4 is 4.90 Å². The second-order valence-electron chi connectivity index (χ2n) is 7.98. The first kappa shape index (κ1) is 27.0. The zero-order valence-corrected chi connectivity index (χ0v) is 21.2. The van der Waals surface area contributed by atoms with Crippen LogP contribution in [0, 0.1) is 10.1 Å². The molecule has 1 fully saturated rings. The Bertz CT molecular complexity index is 992. The monoisotopic (exact) mass is 555 g/mol. The SMILES string of the molecule is CN1CCCC(S(=O)(=O)c2cc([N+](=O)[O-])ccc2N(CCBr)CCCS(=O)(=O)O)CCC1. The molecular weight excluding hydrogens is 526 g/mol. The number of hydrogen-bond donors (Lipinski definition) is 1. The van der Waals surface area contributed by atoms with E-state index < -0.39 is 35.9 Å². The molecule has 1 saturated heterocycles. The molecule has 182 valence electrons. The fourth-order valence-electron chi connectivity index (χ4n) is 3.92. The van der Waals surface area contributed by atoms with Crippen molar-refractivity contribution in [3.63, 3.8) is 0 Å². The van der Waals surface area contributed by atoms with E-state index in [0.29, 0.717) is 43.2 Å². The number of sulfone groups is 1. The van der Waals surface area contributed by atoms with Gasteiger partial charge in [0.1, 0.15) is 0 Å². The Balaban J connectivity index is 2.45. The molecule has 1 N–H and O–H groups in total. The molecular formula is C19H30BrN3O7S2. The second kappa shape index (κ2) is 11.7. The number of nitro benzene ring substituents is 1. The zero-order chi connectivity index (χ0) is 23.9. The predicted molar refractivity (Wildman–Crippen MR) is 127 cm³/mol. The van der Waals surface area contributed by atoms with Gasteiger partial charge in [-0.15, -0.1) is 0 Å². The Morgan fingerprint density at radius 3 is 2.34 bits per heavy atom. The topological polar surface area (TPSA) is 138 Å². The van der Waals surface area contributed by atoms with Crippen molar-refractivity contribution in [3.05, 3.63) is 28.3 Å². The highest BCUT2D eigenvalue weighted by molar-refractivity contribution is 9.09. The molecule has 0 spiro atoms. The highest BCUT2D eigenvalue weighted by Crippen LogP contribution is 2.35. The van der Waals surface area contributed by atoms with Gasteiger partial charge in [-0.2, -0.15) is 8.42 Å². The maximum absolute atomic E-state index is 13.7. The lowest BCUT2D eigenvalue weighted by molar-refractivity contribution is -0.385. The maximum atomic E-state index is 13.7. The van der Waals surface area contributed by atoms with Gasteiger partial charge in [0.25, 0.3) is 15.8 Å². The molecule has 1 aromatic carbocycles. The van der Waals surface area contributed by atoms with Crippen molar-refractivity contribution in [1.82, 2.24) is 4.90 Å². The molecule has 0 atom stereocenters. The number of likely N-dealkylation sites (tertiary alicyclic amines) is 1. The number of nitrogens with zero attached hydrogens (tertiary/aromatic N) is 3. The number of halogens is 1. The summed E-state index contributed by atoms with van der Waals surface area (Å²) < 4.78 is 58.5. The Labute approximate surface area is 197 Å². The van der Waals surface area contributed by atoms with Crippen LogP contribution in [0.4, 0.5) is 11.4 Å². The summed E-state index contributed by atoms with van der Waals surface area (Å²) in [7, 11) is -6.02. The average molecular weight is 557 g/mol. The molecule has 0 radical (unpaired) electrons. The smallest absolute Gasteiger partial charge is 0.270 e. The van der Waals surface area contributed by atoms with Gasteiger partial charge < -0.3 is 9.80 Å². The predicted octanol–water partition coefficient (Wildman–Crippen LogP) is 2.72. The van der Waals surface area contributed by atoms with Crippen molar-refractivity contribution in [3.8, 4) is 0 Å². The van der Waals surface area contributed by atoms with Crippen LogP contribution in [-0.2, 0) is 20.0 Å². The summed E-state index contributed by atoms with van der Waals surface area (Å²) >= 11 is 3.32. The summed E-state index contributed by atoms with van der Waals surface area (Å²) in [6.07, 6.45) is 2.44. The van der Waals surface area contributed by atoms with Crippen LogP contribution in [0.15, 0.2) is 23.1 Å². The van der Waals surface area contributed by atoms with Gasteiger partial charge in [0.15, 0.2) is 9.84 Å². The summed E-state index contributed by atoms with van der Waals surface area (Å²) in [5.74, 6) is -0.461. The van der Waals surface area contributed by atoms with Crippen LogP contribution in [-0.4, -0.2) is 80.8 Å². The van der Waals surface area contributed by atoms with E-state index in [2.05, 4.69) is 20.8 Å². The lowest BCUT2D eigenvalue weighted by atomic mass is 10.1. The van der Waals surface area contributed by atoms with Crippen molar-refractivity contribution in [2.24, 2.45) is 0 Å². The van der Waals surface area contributed by atoms with Crippen LogP contribution in [0.3, 0.4) is 0 Å². The fraction of sp³-hybridized carbons (Fsp3) is 0.684. The van der Waals surface area contributed by atoms with Crippen molar-refractivity contribution >= 4 is 47.3 Å². The van der Waals surface area contributed by atoms with Crippen LogP contribution in [0.2, 0.25) is 0 Å². The number of benzene rings is 1. The maximum Gasteiger partial charge on any atom is 0.270 e. The van der Waals surface area contributed by atoms with Gasteiger partial charge in [-0.05, 0) is 58.3 Å². The molecule has 0 amide bonds. The summed E-state index contributed by atoms with van der Waals surface area (Å²) in [6, 6.07) is 3.78. The first-order chi connectivity index (χ1) is 15.0. The molecule has 0 aliphatic carbocycles. The highest BCUT2D eigenvalue weighted by atomic mass is 79.9. The van der Waals surface area contributed by atoms with Gasteiger partial charge in [0, 0.05) is 30.6 Å². The van der Waals surface area contributed by atoms with Crippen molar-refractivity contribution in [2.45, 2.75) is 42.2 Å². The number of non-ortho nitro benzene ring substituents is 1. The quantitative estimate of drug-likeness (QED) is 0.200. The minimum atomic E-state index is -4.15. The van der Waals surface area contributed by atoms with E-state index in [1.165, 1.54) is 12.1 Å². The number of nitro groups is 1. The minimum Gasteiger partial charge on any atom is -0.370 e. The third kappa shape index (κ3) is 7.65. The van der Waals surface area contributed by atoms with Crippen molar-refractivity contribution < 1.29 is 26.3 Å².